The number of carbonyl (C=O) groups is 1. The van der Waals surface area contributed by atoms with Gasteiger partial charge in [-0.3, -0.25) is 4.79 Å². The van der Waals surface area contributed by atoms with Crippen molar-refractivity contribution in [2.24, 2.45) is 0 Å². The Morgan fingerprint density at radius 2 is 1.72 bits per heavy atom. The first-order valence-electron chi connectivity index (χ1n) is 9.64. The summed E-state index contributed by atoms with van der Waals surface area (Å²) in [6.45, 7) is 7.99. The standard InChI is InChI=1S/C25H25N3O/c1-17-10-12-24(13-11-17)28-18(2)14-22(20(28)4)15-23(16-26)25(29)27-19(3)21-8-6-5-7-9-21/h5-15,19H,1-4H3,(H,27,29)/b23-15+/t19-/m1/s1. The molecule has 0 aliphatic heterocycles. The number of benzene rings is 2. The van der Waals surface area contributed by atoms with E-state index < -0.39 is 0 Å². The van der Waals surface area contributed by atoms with E-state index in [2.05, 4.69) is 47.1 Å². The highest BCUT2D eigenvalue weighted by atomic mass is 16.1. The third-order valence-electron chi connectivity index (χ3n) is 5.07. The molecule has 0 unspecified atom stereocenters. The summed E-state index contributed by atoms with van der Waals surface area (Å²) in [5.74, 6) is -0.371. The normalized spacial score (nSPS) is 12.3. The molecule has 0 radical (unpaired) electrons. The Balaban J connectivity index is 1.88. The number of nitrogens with zero attached hydrogens (tertiary/aromatic N) is 2. The van der Waals surface area contributed by atoms with E-state index in [0.29, 0.717) is 0 Å². The van der Waals surface area contributed by atoms with Crippen molar-refractivity contribution >= 4 is 12.0 Å². The second-order valence-electron chi connectivity index (χ2n) is 7.27. The predicted molar refractivity (Wildman–Crippen MR) is 117 cm³/mol. The summed E-state index contributed by atoms with van der Waals surface area (Å²) in [4.78, 5) is 12.7. The molecule has 1 N–H and O–H groups in total. The molecule has 0 fully saturated rings. The Hall–Kier alpha value is -3.58. The highest BCUT2D eigenvalue weighted by molar-refractivity contribution is 6.02. The number of amides is 1. The molecule has 0 bridgehead atoms. The van der Waals surface area contributed by atoms with Crippen molar-refractivity contribution in [1.82, 2.24) is 9.88 Å². The maximum Gasteiger partial charge on any atom is 0.262 e. The third kappa shape index (κ3) is 4.47. The minimum atomic E-state index is -0.371. The molecule has 0 spiro atoms. The van der Waals surface area contributed by atoms with Crippen LogP contribution in [-0.2, 0) is 4.79 Å². The number of nitrogens with one attached hydrogen (secondary N) is 1. The van der Waals surface area contributed by atoms with Crippen molar-refractivity contribution in [2.45, 2.75) is 33.7 Å². The fraction of sp³-hybridized carbons (Fsp3) is 0.200. The van der Waals surface area contributed by atoms with E-state index in [4.69, 9.17) is 0 Å². The first-order valence-corrected chi connectivity index (χ1v) is 9.64. The SMILES string of the molecule is Cc1ccc(-n2c(C)cc(/C=C(\C#N)C(=O)N[C@H](C)c3ccccc3)c2C)cc1. The van der Waals surface area contributed by atoms with Gasteiger partial charge < -0.3 is 9.88 Å². The van der Waals surface area contributed by atoms with Crippen LogP contribution >= 0.6 is 0 Å². The molecular formula is C25H25N3O. The van der Waals surface area contributed by atoms with E-state index in [1.165, 1.54) is 5.56 Å². The highest BCUT2D eigenvalue weighted by Gasteiger charge is 2.16. The van der Waals surface area contributed by atoms with E-state index in [-0.39, 0.29) is 17.5 Å². The summed E-state index contributed by atoms with van der Waals surface area (Å²) in [5, 5.41) is 12.5. The van der Waals surface area contributed by atoms with Gasteiger partial charge in [0.25, 0.3) is 5.91 Å². The molecule has 1 aromatic heterocycles. The van der Waals surface area contributed by atoms with Crippen molar-refractivity contribution in [3.05, 3.63) is 94.3 Å². The zero-order valence-electron chi connectivity index (χ0n) is 17.2. The second-order valence-corrected chi connectivity index (χ2v) is 7.27. The van der Waals surface area contributed by atoms with Crippen LogP contribution in [0.1, 0.15) is 41.0 Å². The summed E-state index contributed by atoms with van der Waals surface area (Å²) in [7, 11) is 0. The Kier molecular flexibility index (Phi) is 5.99. The number of rotatable bonds is 5. The van der Waals surface area contributed by atoms with Gasteiger partial charge in [-0.1, -0.05) is 48.0 Å². The monoisotopic (exact) mass is 383 g/mol. The Morgan fingerprint density at radius 3 is 2.34 bits per heavy atom. The van der Waals surface area contributed by atoms with E-state index >= 15 is 0 Å². The van der Waals surface area contributed by atoms with Gasteiger partial charge in [-0.25, -0.2) is 0 Å². The molecule has 0 saturated heterocycles. The zero-order chi connectivity index (χ0) is 21.0. The minimum absolute atomic E-state index is 0.0944. The molecule has 29 heavy (non-hydrogen) atoms. The molecular weight excluding hydrogens is 358 g/mol. The van der Waals surface area contributed by atoms with Gasteiger partial charge in [0.1, 0.15) is 11.6 Å². The van der Waals surface area contributed by atoms with Crippen molar-refractivity contribution in [1.29, 1.82) is 5.26 Å². The molecule has 0 aliphatic carbocycles. The van der Waals surface area contributed by atoms with Gasteiger partial charge in [0, 0.05) is 17.1 Å². The fourth-order valence-electron chi connectivity index (χ4n) is 3.43. The van der Waals surface area contributed by atoms with Gasteiger partial charge >= 0.3 is 0 Å². The summed E-state index contributed by atoms with van der Waals surface area (Å²) in [5.41, 5.74) is 6.25. The van der Waals surface area contributed by atoms with Crippen LogP contribution in [0.3, 0.4) is 0 Å². The van der Waals surface area contributed by atoms with Crippen LogP contribution in [0.2, 0.25) is 0 Å². The van der Waals surface area contributed by atoms with Crippen LogP contribution in [-0.4, -0.2) is 10.5 Å². The fourth-order valence-corrected chi connectivity index (χ4v) is 3.43. The van der Waals surface area contributed by atoms with Gasteiger partial charge in [-0.2, -0.15) is 5.26 Å². The molecule has 1 amide bonds. The maximum atomic E-state index is 12.7. The molecule has 3 aromatic rings. The van der Waals surface area contributed by atoms with Crippen LogP contribution in [0.4, 0.5) is 0 Å². The summed E-state index contributed by atoms with van der Waals surface area (Å²) >= 11 is 0. The van der Waals surface area contributed by atoms with Crippen molar-refractivity contribution < 1.29 is 4.79 Å². The van der Waals surface area contributed by atoms with Crippen molar-refractivity contribution in [3.63, 3.8) is 0 Å². The lowest BCUT2D eigenvalue weighted by atomic mass is 10.1. The number of aromatic nitrogens is 1. The lowest BCUT2D eigenvalue weighted by Crippen LogP contribution is -2.27. The van der Waals surface area contributed by atoms with E-state index in [0.717, 1.165) is 28.2 Å². The van der Waals surface area contributed by atoms with E-state index in [9.17, 15) is 10.1 Å². The molecule has 2 aromatic carbocycles. The average Bonchev–Trinajstić information content (AvgIpc) is 3.00. The van der Waals surface area contributed by atoms with Gasteiger partial charge in [0.2, 0.25) is 0 Å². The van der Waals surface area contributed by atoms with E-state index in [1.807, 2.05) is 57.2 Å². The maximum absolute atomic E-state index is 12.7. The number of aryl methyl sites for hydroxylation is 2. The predicted octanol–water partition coefficient (Wildman–Crippen LogP) is 5.19. The van der Waals surface area contributed by atoms with Crippen LogP contribution in [0.15, 0.2) is 66.2 Å². The van der Waals surface area contributed by atoms with Gasteiger partial charge in [-0.05, 0) is 63.1 Å². The third-order valence-corrected chi connectivity index (χ3v) is 5.07. The topological polar surface area (TPSA) is 57.8 Å². The molecule has 4 heteroatoms. The quantitative estimate of drug-likeness (QED) is 0.487. The van der Waals surface area contributed by atoms with Gasteiger partial charge in [0.05, 0.1) is 6.04 Å². The number of nitriles is 1. The summed E-state index contributed by atoms with van der Waals surface area (Å²) in [6, 6.07) is 21.9. The molecule has 146 valence electrons. The Labute approximate surface area is 172 Å². The van der Waals surface area contributed by atoms with Gasteiger partial charge in [0.15, 0.2) is 0 Å². The first kappa shape index (κ1) is 20.2. The molecule has 3 rings (SSSR count). The van der Waals surface area contributed by atoms with Crippen LogP contribution in [0.25, 0.3) is 11.8 Å². The van der Waals surface area contributed by atoms with Gasteiger partial charge in [-0.15, -0.1) is 0 Å². The molecule has 0 aliphatic rings. The van der Waals surface area contributed by atoms with E-state index in [1.54, 1.807) is 6.08 Å². The van der Waals surface area contributed by atoms with Crippen LogP contribution < -0.4 is 5.32 Å². The van der Waals surface area contributed by atoms with Crippen molar-refractivity contribution in [3.8, 4) is 11.8 Å². The summed E-state index contributed by atoms with van der Waals surface area (Å²) in [6.07, 6.45) is 1.67. The smallest absolute Gasteiger partial charge is 0.262 e. The average molecular weight is 383 g/mol. The summed E-state index contributed by atoms with van der Waals surface area (Å²) < 4.78 is 2.13. The number of hydrogen-bond donors (Lipinski definition) is 1. The number of hydrogen-bond acceptors (Lipinski definition) is 2. The zero-order valence-corrected chi connectivity index (χ0v) is 17.2. The Morgan fingerprint density at radius 1 is 1.07 bits per heavy atom. The number of carbonyl (C=O) groups excluding carboxylic acids is 1. The minimum Gasteiger partial charge on any atom is -0.345 e. The molecule has 0 saturated carbocycles. The lowest BCUT2D eigenvalue weighted by Gasteiger charge is -2.13. The molecule has 1 atom stereocenters. The highest BCUT2D eigenvalue weighted by Crippen LogP contribution is 2.23. The molecule has 1 heterocycles. The largest absolute Gasteiger partial charge is 0.345 e. The van der Waals surface area contributed by atoms with Crippen molar-refractivity contribution in [2.75, 3.05) is 0 Å². The Bertz CT molecular complexity index is 1080. The molecule has 4 nitrogen and oxygen atoms in total. The van der Waals surface area contributed by atoms with Crippen LogP contribution in [0.5, 0.6) is 0 Å². The first-order chi connectivity index (χ1) is 13.9. The lowest BCUT2D eigenvalue weighted by molar-refractivity contribution is -0.117. The van der Waals surface area contributed by atoms with Crippen LogP contribution in [0, 0.1) is 32.1 Å². The second kappa shape index (κ2) is 8.62.